The van der Waals surface area contributed by atoms with Gasteiger partial charge in [-0.05, 0) is 38.1 Å². The Bertz CT molecular complexity index is 1170. The number of nitro groups is 1. The highest BCUT2D eigenvalue weighted by Gasteiger charge is 2.20. The van der Waals surface area contributed by atoms with Gasteiger partial charge in [-0.2, -0.15) is 0 Å². The third kappa shape index (κ3) is 4.03. The maximum Gasteiger partial charge on any atom is 0.338 e. The van der Waals surface area contributed by atoms with Crippen molar-refractivity contribution in [2.45, 2.75) is 20.5 Å². The van der Waals surface area contributed by atoms with Gasteiger partial charge in [-0.3, -0.25) is 10.1 Å². The molecule has 0 spiro atoms. The van der Waals surface area contributed by atoms with E-state index in [1.54, 1.807) is 19.9 Å². The number of hydrogen-bond donors (Lipinski definition) is 1. The molecule has 0 atom stereocenters. The number of phenols is 1. The highest BCUT2D eigenvalue weighted by Crippen LogP contribution is 2.29. The molecule has 3 rings (SSSR count). The van der Waals surface area contributed by atoms with Gasteiger partial charge in [0.15, 0.2) is 5.75 Å². The van der Waals surface area contributed by atoms with Crippen molar-refractivity contribution in [1.29, 1.82) is 0 Å². The van der Waals surface area contributed by atoms with Crippen LogP contribution in [-0.2, 0) is 11.3 Å². The number of nitrogens with zero attached hydrogens (tertiary/aromatic N) is 1. The van der Waals surface area contributed by atoms with E-state index in [0.29, 0.717) is 16.5 Å². The van der Waals surface area contributed by atoms with E-state index in [1.807, 2.05) is 0 Å². The largest absolute Gasteiger partial charge is 0.508 e. The standard InChI is InChI=1S/C20H17NO8/c1-3-27-17-7-4-12(8-15(17)21(25)26)20(24)28-10-13-9-18(23)29-19-11(2)16(22)6-5-14(13)19/h4-9,22H,3,10H2,1-2H3. The minimum Gasteiger partial charge on any atom is -0.508 e. The second-order valence-corrected chi connectivity index (χ2v) is 6.13. The summed E-state index contributed by atoms with van der Waals surface area (Å²) in [5, 5.41) is 21.5. The van der Waals surface area contributed by atoms with Gasteiger partial charge in [0.05, 0.1) is 17.1 Å². The summed E-state index contributed by atoms with van der Waals surface area (Å²) in [5.41, 5.74) is -0.0725. The Balaban J connectivity index is 1.88. The summed E-state index contributed by atoms with van der Waals surface area (Å²) in [6.45, 7) is 3.26. The van der Waals surface area contributed by atoms with E-state index < -0.39 is 16.5 Å². The summed E-state index contributed by atoms with van der Waals surface area (Å²) < 4.78 is 15.6. The maximum absolute atomic E-state index is 12.4. The van der Waals surface area contributed by atoms with E-state index in [4.69, 9.17) is 13.9 Å². The Labute approximate surface area is 164 Å². The van der Waals surface area contributed by atoms with E-state index in [9.17, 15) is 24.8 Å². The highest BCUT2D eigenvalue weighted by atomic mass is 16.6. The van der Waals surface area contributed by atoms with Gasteiger partial charge in [0.25, 0.3) is 0 Å². The molecule has 0 saturated heterocycles. The van der Waals surface area contributed by atoms with Crippen LogP contribution in [0.15, 0.2) is 45.6 Å². The molecule has 9 nitrogen and oxygen atoms in total. The lowest BCUT2D eigenvalue weighted by Crippen LogP contribution is -2.09. The molecule has 150 valence electrons. The van der Waals surface area contributed by atoms with Crippen LogP contribution >= 0.6 is 0 Å². The van der Waals surface area contributed by atoms with Gasteiger partial charge in [0, 0.05) is 28.6 Å². The Kier molecular flexibility index (Phi) is 5.49. The molecule has 0 aliphatic rings. The first kappa shape index (κ1) is 19.9. The van der Waals surface area contributed by atoms with Crippen molar-refractivity contribution in [3.8, 4) is 11.5 Å². The molecule has 1 heterocycles. The number of aryl methyl sites for hydroxylation is 1. The van der Waals surface area contributed by atoms with Gasteiger partial charge in [-0.15, -0.1) is 0 Å². The van der Waals surface area contributed by atoms with E-state index in [0.717, 1.165) is 6.07 Å². The molecule has 0 amide bonds. The monoisotopic (exact) mass is 399 g/mol. The van der Waals surface area contributed by atoms with E-state index in [1.165, 1.54) is 24.3 Å². The molecule has 0 saturated carbocycles. The Hall–Kier alpha value is -3.88. The molecule has 0 radical (unpaired) electrons. The highest BCUT2D eigenvalue weighted by molar-refractivity contribution is 5.91. The van der Waals surface area contributed by atoms with Gasteiger partial charge in [-0.25, -0.2) is 9.59 Å². The van der Waals surface area contributed by atoms with Crippen molar-refractivity contribution >= 4 is 22.6 Å². The predicted octanol–water partition coefficient (Wildman–Crippen LogP) is 3.47. The van der Waals surface area contributed by atoms with Gasteiger partial charge in [0.2, 0.25) is 0 Å². The lowest BCUT2D eigenvalue weighted by atomic mass is 10.1. The van der Waals surface area contributed by atoms with Crippen LogP contribution in [0.25, 0.3) is 11.0 Å². The molecule has 1 N–H and O–H groups in total. The second-order valence-electron chi connectivity index (χ2n) is 6.13. The first-order valence-electron chi connectivity index (χ1n) is 8.65. The van der Waals surface area contributed by atoms with E-state index in [2.05, 4.69) is 0 Å². The van der Waals surface area contributed by atoms with Gasteiger partial charge in [-0.1, -0.05) is 0 Å². The third-order valence-electron chi connectivity index (χ3n) is 4.27. The lowest BCUT2D eigenvalue weighted by molar-refractivity contribution is -0.385. The molecule has 2 aromatic carbocycles. The van der Waals surface area contributed by atoms with Crippen molar-refractivity contribution in [1.82, 2.24) is 0 Å². The molecule has 9 heteroatoms. The van der Waals surface area contributed by atoms with Crippen molar-refractivity contribution in [2.24, 2.45) is 0 Å². The molecular weight excluding hydrogens is 382 g/mol. The van der Waals surface area contributed by atoms with Gasteiger partial charge in [0.1, 0.15) is 17.9 Å². The Morgan fingerprint density at radius 3 is 2.69 bits per heavy atom. The van der Waals surface area contributed by atoms with Crippen molar-refractivity contribution in [2.75, 3.05) is 6.61 Å². The fourth-order valence-corrected chi connectivity index (χ4v) is 2.83. The summed E-state index contributed by atoms with van der Waals surface area (Å²) in [5.74, 6) is -0.777. The minimum atomic E-state index is -0.798. The number of aromatic hydroxyl groups is 1. The number of carbonyl (C=O) groups is 1. The molecule has 0 aliphatic carbocycles. The van der Waals surface area contributed by atoms with Crippen molar-refractivity contribution in [3.05, 3.63) is 73.6 Å². The average molecular weight is 399 g/mol. The van der Waals surface area contributed by atoms with Gasteiger partial charge < -0.3 is 19.0 Å². The van der Waals surface area contributed by atoms with Crippen LogP contribution in [0.4, 0.5) is 5.69 Å². The second kappa shape index (κ2) is 8.01. The number of esters is 1. The first-order valence-corrected chi connectivity index (χ1v) is 8.65. The first-order chi connectivity index (χ1) is 13.8. The van der Waals surface area contributed by atoms with Crippen molar-refractivity contribution in [3.63, 3.8) is 0 Å². The molecule has 3 aromatic rings. The zero-order chi connectivity index (χ0) is 21.1. The summed E-state index contributed by atoms with van der Waals surface area (Å²) in [4.78, 5) is 34.8. The zero-order valence-electron chi connectivity index (χ0n) is 15.6. The summed E-state index contributed by atoms with van der Waals surface area (Å²) in [7, 11) is 0. The molecule has 0 aliphatic heterocycles. The topological polar surface area (TPSA) is 129 Å². The molecule has 29 heavy (non-hydrogen) atoms. The fraction of sp³-hybridized carbons (Fsp3) is 0.200. The molecule has 1 aromatic heterocycles. The number of rotatable bonds is 6. The number of nitro benzene ring substituents is 1. The maximum atomic E-state index is 12.4. The normalized spacial score (nSPS) is 10.7. The lowest BCUT2D eigenvalue weighted by Gasteiger charge is -2.10. The molecule has 0 bridgehead atoms. The van der Waals surface area contributed by atoms with E-state index >= 15 is 0 Å². The predicted molar refractivity (Wildman–Crippen MR) is 102 cm³/mol. The SMILES string of the molecule is CCOc1ccc(C(=O)OCc2cc(=O)oc3c(C)c(O)ccc23)cc1[N+](=O)[O-]. The third-order valence-corrected chi connectivity index (χ3v) is 4.27. The number of carbonyl (C=O) groups excluding carboxylic acids is 1. The average Bonchev–Trinajstić information content (AvgIpc) is 2.69. The van der Waals surface area contributed by atoms with Crippen LogP contribution in [0.5, 0.6) is 11.5 Å². The van der Waals surface area contributed by atoms with Crippen LogP contribution in [0.3, 0.4) is 0 Å². The Morgan fingerprint density at radius 2 is 2.00 bits per heavy atom. The van der Waals surface area contributed by atoms with Crippen LogP contribution < -0.4 is 10.4 Å². The number of hydrogen-bond acceptors (Lipinski definition) is 8. The van der Waals surface area contributed by atoms with E-state index in [-0.39, 0.29) is 41.5 Å². The Morgan fingerprint density at radius 1 is 1.24 bits per heavy atom. The van der Waals surface area contributed by atoms with Crippen LogP contribution in [0.1, 0.15) is 28.4 Å². The van der Waals surface area contributed by atoms with Crippen LogP contribution in [-0.4, -0.2) is 22.6 Å². The number of ether oxygens (including phenoxy) is 2. The molecule has 0 unspecified atom stereocenters. The number of phenolic OH excluding ortho intramolecular Hbond substituents is 1. The molecular formula is C20H17NO8. The van der Waals surface area contributed by atoms with Crippen molar-refractivity contribution < 1.29 is 28.7 Å². The summed E-state index contributed by atoms with van der Waals surface area (Å²) in [6.07, 6.45) is 0. The van der Waals surface area contributed by atoms with Crippen LogP contribution in [0, 0.1) is 17.0 Å². The zero-order valence-corrected chi connectivity index (χ0v) is 15.6. The van der Waals surface area contributed by atoms with Crippen LogP contribution in [0.2, 0.25) is 0 Å². The fourth-order valence-electron chi connectivity index (χ4n) is 2.83. The smallest absolute Gasteiger partial charge is 0.338 e. The molecule has 0 fully saturated rings. The van der Waals surface area contributed by atoms with Gasteiger partial charge >= 0.3 is 17.3 Å². The number of benzene rings is 2. The minimum absolute atomic E-state index is 0.0266. The number of fused-ring (bicyclic) bond motifs is 1. The quantitative estimate of drug-likeness (QED) is 0.289. The summed E-state index contributed by atoms with van der Waals surface area (Å²) >= 11 is 0. The summed E-state index contributed by atoms with van der Waals surface area (Å²) in [6, 6.07) is 7.95.